The number of aromatic nitrogens is 3. The number of aliphatic hydroxyl groups is 1. The number of rotatable bonds is 6. The van der Waals surface area contributed by atoms with Crippen LogP contribution in [0, 0.1) is 0 Å². The van der Waals surface area contributed by atoms with Crippen LogP contribution in [0.25, 0.3) is 11.6 Å². The van der Waals surface area contributed by atoms with E-state index in [4.69, 9.17) is 21.3 Å². The number of aryl methyl sites for hydroxylation is 1. The summed E-state index contributed by atoms with van der Waals surface area (Å²) in [6.07, 6.45) is 8.90. The Labute approximate surface area is 289 Å². The van der Waals surface area contributed by atoms with Crippen molar-refractivity contribution in [1.82, 2.24) is 24.3 Å². The van der Waals surface area contributed by atoms with E-state index in [1.165, 1.54) is 0 Å². The first-order valence-electron chi connectivity index (χ1n) is 16.4. The molecule has 0 radical (unpaired) electrons. The molecule has 10 heteroatoms. The molecule has 1 amide bonds. The van der Waals surface area contributed by atoms with Gasteiger partial charge in [-0.25, -0.2) is 9.78 Å². The summed E-state index contributed by atoms with van der Waals surface area (Å²) in [6, 6.07) is 8.09. The number of hydrogen-bond donors (Lipinski definition) is 1. The van der Waals surface area contributed by atoms with Crippen LogP contribution in [0.15, 0.2) is 47.5 Å². The SMILES string of the molecule is CC.CC.Cn1cncc1C(C)(CCCO)C1=Cc2cc(Br)cnc2[C@@H](N2CCN(C(=O)OC(C)(C)C)CC2)c2ccc(Cl)cc21. The van der Waals surface area contributed by atoms with Crippen molar-refractivity contribution in [3.8, 4) is 0 Å². The number of nitrogens with zero attached hydrogens (tertiary/aromatic N) is 5. The Morgan fingerprint density at radius 2 is 1.74 bits per heavy atom. The van der Waals surface area contributed by atoms with Crippen LogP contribution >= 0.6 is 27.5 Å². The highest BCUT2D eigenvalue weighted by atomic mass is 79.9. The first-order chi connectivity index (χ1) is 21.9. The fourth-order valence-electron chi connectivity index (χ4n) is 6.23. The average molecular weight is 717 g/mol. The van der Waals surface area contributed by atoms with Crippen molar-refractivity contribution < 1.29 is 14.6 Å². The number of halogens is 2. The van der Waals surface area contributed by atoms with Crippen LogP contribution in [0.1, 0.15) is 102 Å². The zero-order chi connectivity index (χ0) is 34.2. The number of fused-ring (bicyclic) bond motifs is 2. The topological polar surface area (TPSA) is 83.7 Å². The van der Waals surface area contributed by atoms with E-state index in [2.05, 4.69) is 61.6 Å². The van der Waals surface area contributed by atoms with E-state index in [1.54, 1.807) is 4.90 Å². The summed E-state index contributed by atoms with van der Waals surface area (Å²) in [4.78, 5) is 26.5. The van der Waals surface area contributed by atoms with Crippen molar-refractivity contribution >= 4 is 45.3 Å². The molecule has 1 unspecified atom stereocenters. The van der Waals surface area contributed by atoms with Gasteiger partial charge in [0.05, 0.1) is 18.1 Å². The summed E-state index contributed by atoms with van der Waals surface area (Å²) >= 11 is 10.4. The third kappa shape index (κ3) is 8.40. The van der Waals surface area contributed by atoms with Crippen LogP contribution in [0.5, 0.6) is 0 Å². The van der Waals surface area contributed by atoms with Crippen LogP contribution in [-0.2, 0) is 17.2 Å². The second-order valence-electron chi connectivity index (χ2n) is 12.4. The predicted molar refractivity (Wildman–Crippen MR) is 192 cm³/mol. The summed E-state index contributed by atoms with van der Waals surface area (Å²) in [6.45, 7) is 18.4. The molecule has 252 valence electrons. The minimum Gasteiger partial charge on any atom is -0.444 e. The lowest BCUT2D eigenvalue weighted by Gasteiger charge is -2.40. The van der Waals surface area contributed by atoms with Gasteiger partial charge in [-0.05, 0) is 103 Å². The highest BCUT2D eigenvalue weighted by Gasteiger charge is 2.40. The van der Waals surface area contributed by atoms with E-state index >= 15 is 0 Å². The molecule has 1 saturated heterocycles. The maximum Gasteiger partial charge on any atom is 0.410 e. The number of pyridine rings is 1. The summed E-state index contributed by atoms with van der Waals surface area (Å²) < 4.78 is 8.60. The van der Waals surface area contributed by atoms with Gasteiger partial charge in [0.15, 0.2) is 0 Å². The zero-order valence-corrected chi connectivity index (χ0v) is 31.2. The summed E-state index contributed by atoms with van der Waals surface area (Å²) in [5.41, 5.74) is 5.29. The van der Waals surface area contributed by atoms with Gasteiger partial charge in [-0.1, -0.05) is 45.4 Å². The van der Waals surface area contributed by atoms with Crippen molar-refractivity contribution in [2.24, 2.45) is 7.05 Å². The lowest BCUT2D eigenvalue weighted by atomic mass is 9.71. The predicted octanol–water partition coefficient (Wildman–Crippen LogP) is 8.51. The lowest BCUT2D eigenvalue weighted by molar-refractivity contribution is 0.0118. The van der Waals surface area contributed by atoms with Crippen molar-refractivity contribution in [3.63, 3.8) is 0 Å². The minimum absolute atomic E-state index is 0.0946. The van der Waals surface area contributed by atoms with Gasteiger partial charge < -0.3 is 19.3 Å². The average Bonchev–Trinajstić information content (AvgIpc) is 3.42. The number of carbonyl (C=O) groups excluding carboxylic acids is 1. The Bertz CT molecular complexity index is 1490. The molecule has 1 aromatic carbocycles. The van der Waals surface area contributed by atoms with Crippen LogP contribution in [-0.4, -0.2) is 73.9 Å². The minimum atomic E-state index is -0.539. The summed E-state index contributed by atoms with van der Waals surface area (Å²) in [7, 11) is 2.01. The molecule has 46 heavy (non-hydrogen) atoms. The van der Waals surface area contributed by atoms with E-state index in [0.29, 0.717) is 37.6 Å². The second-order valence-corrected chi connectivity index (χ2v) is 13.7. The molecule has 0 bridgehead atoms. The van der Waals surface area contributed by atoms with E-state index in [9.17, 15) is 9.90 Å². The molecule has 2 atom stereocenters. The Kier molecular flexibility index (Phi) is 13.5. The number of benzene rings is 1. The molecule has 2 aromatic heterocycles. The molecule has 1 fully saturated rings. The molecule has 5 rings (SSSR count). The van der Waals surface area contributed by atoms with Crippen LogP contribution in [0.2, 0.25) is 5.02 Å². The van der Waals surface area contributed by atoms with Gasteiger partial charge in [-0.15, -0.1) is 0 Å². The number of aliphatic hydroxyl groups excluding tert-OH is 1. The first-order valence-corrected chi connectivity index (χ1v) is 17.6. The number of imidazole rings is 1. The molecule has 1 N–H and O–H groups in total. The monoisotopic (exact) mass is 715 g/mol. The molecule has 0 saturated carbocycles. The largest absolute Gasteiger partial charge is 0.444 e. The van der Waals surface area contributed by atoms with Gasteiger partial charge in [-0.3, -0.25) is 9.88 Å². The van der Waals surface area contributed by atoms with Crippen LogP contribution in [0.3, 0.4) is 0 Å². The molecule has 8 nitrogen and oxygen atoms in total. The van der Waals surface area contributed by atoms with Crippen LogP contribution in [0.4, 0.5) is 4.79 Å². The van der Waals surface area contributed by atoms with Crippen molar-refractivity contribution in [2.45, 2.75) is 85.3 Å². The molecular weight excluding hydrogens is 666 g/mol. The maximum absolute atomic E-state index is 12.8. The highest BCUT2D eigenvalue weighted by molar-refractivity contribution is 9.10. The Morgan fingerprint density at radius 3 is 2.33 bits per heavy atom. The molecule has 3 aromatic rings. The van der Waals surface area contributed by atoms with E-state index in [-0.39, 0.29) is 18.7 Å². The van der Waals surface area contributed by atoms with Gasteiger partial charge in [0.25, 0.3) is 0 Å². The fourth-order valence-corrected chi connectivity index (χ4v) is 6.75. The molecular formula is C36H51BrClN5O3. The summed E-state index contributed by atoms with van der Waals surface area (Å²) in [5.74, 6) is 0. The van der Waals surface area contributed by atoms with Gasteiger partial charge in [-0.2, -0.15) is 0 Å². The smallest absolute Gasteiger partial charge is 0.410 e. The highest BCUT2D eigenvalue weighted by Crippen LogP contribution is 2.49. The lowest BCUT2D eigenvalue weighted by Crippen LogP contribution is -2.51. The quantitative estimate of drug-likeness (QED) is 0.276. The standard InChI is InChI=1S/C32H39BrClN5O3.2C2H6/c1-31(2,3)42-30(41)39-12-10-38(11-13-39)29-24-8-7-23(34)17-25(24)26(16-21-15-22(33)18-36-28(21)29)32(4,9-6-14-40)27-19-35-20-37(27)5;2*1-2/h7-8,15-20,29,40H,6,9-14H2,1-5H3;2*1-2H3/t29-,32?;;/m0../s1. The Hall–Kier alpha value is -2.72. The first kappa shape index (κ1) is 37.7. The third-order valence-corrected chi connectivity index (χ3v) is 8.89. The van der Waals surface area contributed by atoms with Crippen molar-refractivity contribution in [1.29, 1.82) is 0 Å². The number of piperazine rings is 1. The maximum atomic E-state index is 12.8. The van der Waals surface area contributed by atoms with Crippen molar-refractivity contribution in [2.75, 3.05) is 32.8 Å². The van der Waals surface area contributed by atoms with Gasteiger partial charge in [0.2, 0.25) is 0 Å². The number of hydrogen-bond acceptors (Lipinski definition) is 6. The van der Waals surface area contributed by atoms with Crippen LogP contribution < -0.4 is 0 Å². The summed E-state index contributed by atoms with van der Waals surface area (Å²) in [5, 5.41) is 10.6. The van der Waals surface area contributed by atoms with Gasteiger partial charge in [0, 0.05) is 72.8 Å². The normalized spacial score (nSPS) is 17.5. The van der Waals surface area contributed by atoms with E-state index < -0.39 is 11.0 Å². The molecule has 1 aliphatic carbocycles. The zero-order valence-electron chi connectivity index (χ0n) is 28.9. The van der Waals surface area contributed by atoms with Gasteiger partial charge in [0.1, 0.15) is 5.60 Å². The number of carbonyl (C=O) groups is 1. The Balaban J connectivity index is 0.00000139. The number of ether oxygens (including phenoxy) is 1. The third-order valence-electron chi connectivity index (χ3n) is 8.22. The molecule has 0 spiro atoms. The second kappa shape index (κ2) is 16.4. The van der Waals surface area contributed by atoms with Crippen molar-refractivity contribution in [3.05, 3.63) is 80.6 Å². The van der Waals surface area contributed by atoms with E-state index in [1.807, 2.05) is 80.3 Å². The van der Waals surface area contributed by atoms with Gasteiger partial charge >= 0.3 is 6.09 Å². The molecule has 2 aliphatic rings. The fraction of sp³-hybridized carbons (Fsp3) is 0.528. The number of amides is 1. The molecule has 1 aliphatic heterocycles. The Morgan fingerprint density at radius 1 is 1.07 bits per heavy atom. The molecule has 3 heterocycles. The number of allylic oxidation sites excluding steroid dienone is 1. The van der Waals surface area contributed by atoms with E-state index in [0.717, 1.165) is 44.5 Å².